The zero-order valence-electron chi connectivity index (χ0n) is 47.0. The number of phenolic OH excluding ortho intramolecular Hbond substituents is 3. The van der Waals surface area contributed by atoms with Gasteiger partial charge in [-0.05, 0) is 149 Å². The number of carbonyl (C=O) groups excluding carboxylic acids is 8. The van der Waals surface area contributed by atoms with E-state index >= 15 is 9.59 Å². The molecule has 9 atom stereocenters. The summed E-state index contributed by atoms with van der Waals surface area (Å²) in [6, 6.07) is 6.16. The molecule has 82 heavy (non-hydrogen) atoms. The minimum atomic E-state index is -1.91. The van der Waals surface area contributed by atoms with Crippen molar-refractivity contribution in [3.05, 3.63) is 123 Å². The Kier molecular flexibility index (Phi) is 17.0. The van der Waals surface area contributed by atoms with Crippen LogP contribution < -0.4 is 47.1 Å². The smallest absolute Gasteiger partial charge is 0.248 e. The van der Waals surface area contributed by atoms with Gasteiger partial charge < -0.3 is 67.5 Å². The Labute approximate surface area is 473 Å². The van der Waals surface area contributed by atoms with Gasteiger partial charge in [0.05, 0.1) is 12.5 Å². The molecule has 5 heterocycles. The Hall–Kier alpha value is -9.02. The number of benzene rings is 5. The number of ether oxygens (including phenoxy) is 2. The highest BCUT2D eigenvalue weighted by molar-refractivity contribution is 6.01. The number of Topliss-reactive ketones (excluding diaryl/α,β-unsaturated/α-hetero) is 1. The lowest BCUT2D eigenvalue weighted by Gasteiger charge is -2.32. The number of primary amides is 1. The number of fused-ring (bicyclic) bond motifs is 15. The van der Waals surface area contributed by atoms with Gasteiger partial charge in [-0.1, -0.05) is 45.0 Å². The van der Waals surface area contributed by atoms with Crippen LogP contribution in [0.5, 0.6) is 40.2 Å². The molecule has 0 aromatic heterocycles. The van der Waals surface area contributed by atoms with E-state index in [9.17, 15) is 49.2 Å². The summed E-state index contributed by atoms with van der Waals surface area (Å²) in [5.74, 6) is -9.31. The molecule has 0 radical (unpaired) electrons. The number of phenols is 3. The van der Waals surface area contributed by atoms with Gasteiger partial charge in [-0.15, -0.1) is 0 Å². The van der Waals surface area contributed by atoms with Crippen LogP contribution >= 0.6 is 0 Å². The first-order chi connectivity index (χ1) is 38.6. The van der Waals surface area contributed by atoms with Gasteiger partial charge in [0.2, 0.25) is 41.4 Å². The Morgan fingerprint density at radius 3 is 1.82 bits per heavy atom. The molecule has 22 heteroatoms. The first-order valence-electron chi connectivity index (χ1n) is 26.7. The molecule has 5 aromatic rings. The number of aliphatic hydroxyl groups is 1. The number of likely N-dealkylation sites (N-methyl/N-ethyl adjacent to an activating group) is 1. The fourth-order valence-electron chi connectivity index (χ4n) is 10.5. The van der Waals surface area contributed by atoms with Crippen molar-refractivity contribution in [3.63, 3.8) is 0 Å². The molecule has 0 saturated carbocycles. The summed E-state index contributed by atoms with van der Waals surface area (Å²) in [6.45, 7) is 13.1. The molecule has 11 bridgehead atoms. The second-order valence-electron chi connectivity index (χ2n) is 22.0. The van der Waals surface area contributed by atoms with Crippen LogP contribution in [0.15, 0.2) is 72.8 Å². The third-order valence-corrected chi connectivity index (χ3v) is 15.3. The molecule has 7 amide bonds. The third kappa shape index (κ3) is 12.0. The standard InChI is InChI=1S/C60H68N8O14/c1-25(2)17-39(68(9)10)56(76)67-52-54(74)34-13-16-43(27(4)19-34)82-45-22-35-21-44(30(45)7)81-42-15-12-32(18-26(42)3)28(5)48-57(77)64-49(31(8)69)37-23-41(71)29(6)53(73)47(37)36-20-33(11-14-40(36)70)50(58(78)63-48)66-59(79)51(35)65-55(75)38(24-46(61)72)62-60(52)80/h11-16,18-23,25,28,38-39,48-52,54,70-71,73-74H,17,24H2,1-10H3,(H2,61,72)(H,62,80)(H,63,78)(H,64,77)(H,65,75)(H,66,79)(H,67,76)/t28-,38+,39-,48+,49+,50-,51-,52-,54-/m1/s1. The summed E-state index contributed by atoms with van der Waals surface area (Å²) < 4.78 is 13.3. The normalized spacial score (nSPS) is 22.3. The molecule has 5 aromatic carbocycles. The first kappa shape index (κ1) is 59.1. The average Bonchev–Trinajstić information content (AvgIpc) is 2.45. The van der Waals surface area contributed by atoms with E-state index in [0.29, 0.717) is 34.4 Å². The van der Waals surface area contributed by atoms with E-state index in [-0.39, 0.29) is 62.1 Å². The quantitative estimate of drug-likeness (QED) is 0.102. The summed E-state index contributed by atoms with van der Waals surface area (Å²) in [7, 11) is 3.36. The zero-order chi connectivity index (χ0) is 59.9. The largest absolute Gasteiger partial charge is 0.508 e. The van der Waals surface area contributed by atoms with Gasteiger partial charge in [0.25, 0.3) is 0 Å². The molecule has 5 aliphatic rings. The molecule has 0 fully saturated rings. The monoisotopic (exact) mass is 1120 g/mol. The van der Waals surface area contributed by atoms with Crippen molar-refractivity contribution in [1.82, 2.24) is 36.8 Å². The number of carbonyl (C=O) groups is 8. The van der Waals surface area contributed by atoms with Crippen LogP contribution in [0.1, 0.15) is 121 Å². The Bertz CT molecular complexity index is 3450. The third-order valence-electron chi connectivity index (χ3n) is 15.3. The minimum Gasteiger partial charge on any atom is -0.508 e. The number of nitrogens with one attached hydrogen (secondary N) is 6. The van der Waals surface area contributed by atoms with Crippen LogP contribution in [-0.2, 0) is 38.4 Å². The number of rotatable bonds is 8. The van der Waals surface area contributed by atoms with E-state index in [4.69, 9.17) is 15.2 Å². The summed E-state index contributed by atoms with van der Waals surface area (Å²) in [5, 5.41) is 62.5. The van der Waals surface area contributed by atoms with E-state index in [1.807, 2.05) is 13.8 Å². The van der Waals surface area contributed by atoms with E-state index < -0.39 is 125 Å². The summed E-state index contributed by atoms with van der Waals surface area (Å²) >= 11 is 0. The highest BCUT2D eigenvalue weighted by atomic mass is 16.5. The number of amides is 7. The number of hydrogen-bond donors (Lipinski definition) is 11. The molecule has 0 saturated heterocycles. The van der Waals surface area contributed by atoms with E-state index in [2.05, 4.69) is 31.9 Å². The molecular formula is C60H68N8O14. The predicted molar refractivity (Wildman–Crippen MR) is 299 cm³/mol. The molecule has 432 valence electrons. The Morgan fingerprint density at radius 1 is 0.659 bits per heavy atom. The molecule has 22 nitrogen and oxygen atoms in total. The fraction of sp³-hybridized carbons (Fsp3) is 0.367. The number of hydrogen-bond acceptors (Lipinski definition) is 15. The maximum atomic E-state index is 15.6. The van der Waals surface area contributed by atoms with Crippen molar-refractivity contribution in [2.45, 2.75) is 123 Å². The van der Waals surface area contributed by atoms with Gasteiger partial charge in [0.15, 0.2) is 5.78 Å². The maximum Gasteiger partial charge on any atom is 0.248 e. The van der Waals surface area contributed by atoms with E-state index in [1.165, 1.54) is 56.3 Å². The van der Waals surface area contributed by atoms with Crippen molar-refractivity contribution in [1.29, 1.82) is 0 Å². The highest BCUT2D eigenvalue weighted by Crippen LogP contribution is 2.47. The van der Waals surface area contributed by atoms with Crippen LogP contribution in [0.3, 0.4) is 0 Å². The maximum absolute atomic E-state index is 15.6. The van der Waals surface area contributed by atoms with Crippen LogP contribution in [0, 0.1) is 33.6 Å². The molecule has 12 N–H and O–H groups in total. The van der Waals surface area contributed by atoms with Crippen molar-refractivity contribution in [3.8, 4) is 51.4 Å². The van der Waals surface area contributed by atoms with Crippen LogP contribution in [0.25, 0.3) is 11.1 Å². The van der Waals surface area contributed by atoms with Crippen LogP contribution in [0.2, 0.25) is 0 Å². The molecule has 5 aliphatic heterocycles. The van der Waals surface area contributed by atoms with Crippen molar-refractivity contribution >= 4 is 47.1 Å². The molecule has 0 unspecified atom stereocenters. The summed E-state index contributed by atoms with van der Waals surface area (Å²) in [5.41, 5.74) is 7.13. The number of aryl methyl sites for hydroxylation is 2. The van der Waals surface area contributed by atoms with Crippen molar-refractivity contribution < 1.29 is 68.3 Å². The van der Waals surface area contributed by atoms with Gasteiger partial charge >= 0.3 is 0 Å². The number of nitrogens with two attached hydrogens (primary N) is 1. The summed E-state index contributed by atoms with van der Waals surface area (Å²) in [6.07, 6.45) is -2.27. The number of aromatic hydroxyl groups is 3. The SMILES string of the molecule is CC(=O)[C@@H]1NC(=O)[C@H]2NC(=O)[C@H](NC(=O)[C@@H]3NC(=O)[C@H](CC(N)=O)NC(=O)[C@H](NC(=O)[C@@H](CC(C)C)N(C)C)[C@H](O)c4ccc(c(C)c4)Oc4cc3cc(c4C)Oc3ccc(cc3C)[C@H]2C)c2ccc(O)c(c2)-c2c1cc(O)c(C)c2O. The first-order valence-corrected chi connectivity index (χ1v) is 26.7. The van der Waals surface area contributed by atoms with Crippen LogP contribution in [-0.4, -0.2) is 111 Å². The lowest BCUT2D eigenvalue weighted by Crippen LogP contribution is -2.59. The Morgan fingerprint density at radius 2 is 1.23 bits per heavy atom. The summed E-state index contributed by atoms with van der Waals surface area (Å²) in [4.78, 5) is 118. The van der Waals surface area contributed by atoms with Gasteiger partial charge in [0.1, 0.15) is 82.6 Å². The molecule has 10 rings (SSSR count). The second-order valence-corrected chi connectivity index (χ2v) is 22.0. The minimum absolute atomic E-state index is 0.0276. The fourth-order valence-corrected chi connectivity index (χ4v) is 10.5. The van der Waals surface area contributed by atoms with E-state index in [1.54, 1.807) is 77.0 Å². The highest BCUT2D eigenvalue weighted by Gasteiger charge is 2.41. The van der Waals surface area contributed by atoms with Gasteiger partial charge in [-0.2, -0.15) is 0 Å². The van der Waals surface area contributed by atoms with Gasteiger partial charge in [0, 0.05) is 28.2 Å². The average molecular weight is 1130 g/mol. The lowest BCUT2D eigenvalue weighted by atomic mass is 9.86. The number of aliphatic hydroxyl groups excluding tert-OH is 1. The lowest BCUT2D eigenvalue weighted by molar-refractivity contribution is -0.138. The zero-order valence-corrected chi connectivity index (χ0v) is 47.0. The van der Waals surface area contributed by atoms with E-state index in [0.717, 1.165) is 0 Å². The second kappa shape index (κ2) is 23.6. The number of ketones is 1. The Balaban J connectivity index is 1.37. The predicted octanol–water partition coefficient (Wildman–Crippen LogP) is 4.53. The van der Waals surface area contributed by atoms with Crippen LogP contribution in [0.4, 0.5) is 0 Å². The molecular weight excluding hydrogens is 1060 g/mol. The molecule has 0 spiro atoms. The topological polar surface area (TPSA) is 337 Å². The number of nitrogens with zero attached hydrogens (tertiary/aromatic N) is 1. The van der Waals surface area contributed by atoms with Gasteiger partial charge in [-0.3, -0.25) is 43.3 Å². The molecule has 0 aliphatic carbocycles. The van der Waals surface area contributed by atoms with Gasteiger partial charge in [-0.25, -0.2) is 0 Å². The van der Waals surface area contributed by atoms with Crippen molar-refractivity contribution in [2.75, 3.05) is 14.1 Å². The van der Waals surface area contributed by atoms with Crippen molar-refractivity contribution in [2.24, 2.45) is 11.7 Å².